The van der Waals surface area contributed by atoms with E-state index in [1.54, 1.807) is 0 Å². The summed E-state index contributed by atoms with van der Waals surface area (Å²) < 4.78 is 9.90. The predicted octanol–water partition coefficient (Wildman–Crippen LogP) is 2.56. The Morgan fingerprint density at radius 2 is 1.54 bits per heavy atom. The van der Waals surface area contributed by atoms with Crippen LogP contribution in [0.3, 0.4) is 0 Å². The Kier molecular flexibility index (Phi) is 4.45. The standard InChI is InChI=1S/C18H28N6OP/c25-18-10-7-15-23(18)26(21-11-3-4-12-21,22-13-5-6-14-22)24-17-9-2-1-8-16(17)19-20-24/h1-2,8-9,18,25H,3-7,10-15H2/q+1. The topological polar surface area (TPSA) is 60.7 Å². The van der Waals surface area contributed by atoms with E-state index in [2.05, 4.69) is 35.7 Å². The van der Waals surface area contributed by atoms with Gasteiger partial charge in [0, 0.05) is 32.7 Å². The molecule has 1 aromatic carbocycles. The number of aliphatic hydroxyl groups is 1. The number of hydrogen-bond acceptors (Lipinski definition) is 6. The zero-order valence-corrected chi connectivity index (χ0v) is 16.1. The molecule has 1 aromatic heterocycles. The van der Waals surface area contributed by atoms with Gasteiger partial charge in [0.2, 0.25) is 0 Å². The minimum Gasteiger partial charge on any atom is -0.375 e. The molecule has 140 valence electrons. The van der Waals surface area contributed by atoms with Gasteiger partial charge in [0.15, 0.2) is 0 Å². The van der Waals surface area contributed by atoms with Crippen molar-refractivity contribution in [3.05, 3.63) is 24.3 Å². The lowest BCUT2D eigenvalue weighted by molar-refractivity contribution is 0.0835. The van der Waals surface area contributed by atoms with Crippen LogP contribution in [0.25, 0.3) is 11.0 Å². The van der Waals surface area contributed by atoms with Crippen LogP contribution >= 0.6 is 7.87 Å². The number of aromatic nitrogens is 3. The van der Waals surface area contributed by atoms with Crippen LogP contribution in [0.4, 0.5) is 0 Å². The van der Waals surface area contributed by atoms with Gasteiger partial charge in [-0.1, -0.05) is 21.3 Å². The highest BCUT2D eigenvalue weighted by Crippen LogP contribution is 2.71. The highest BCUT2D eigenvalue weighted by molar-refractivity contribution is 7.67. The van der Waals surface area contributed by atoms with E-state index >= 15 is 0 Å². The van der Waals surface area contributed by atoms with Crippen molar-refractivity contribution in [2.24, 2.45) is 0 Å². The van der Waals surface area contributed by atoms with Crippen molar-refractivity contribution < 1.29 is 5.11 Å². The summed E-state index contributed by atoms with van der Waals surface area (Å²) >= 11 is 0. The van der Waals surface area contributed by atoms with Crippen LogP contribution in [0.15, 0.2) is 24.3 Å². The quantitative estimate of drug-likeness (QED) is 0.829. The third-order valence-electron chi connectivity index (χ3n) is 6.05. The minimum atomic E-state index is -2.15. The molecule has 0 saturated carbocycles. The molecule has 1 unspecified atom stereocenters. The van der Waals surface area contributed by atoms with Crippen LogP contribution in [0, 0.1) is 0 Å². The van der Waals surface area contributed by atoms with Gasteiger partial charge in [-0.05, 0) is 55.9 Å². The van der Waals surface area contributed by atoms with Gasteiger partial charge >= 0.3 is 7.87 Å². The third kappa shape index (κ3) is 2.45. The predicted molar refractivity (Wildman–Crippen MR) is 103 cm³/mol. The minimum absolute atomic E-state index is 0.382. The Morgan fingerprint density at radius 1 is 0.885 bits per heavy atom. The molecule has 26 heavy (non-hydrogen) atoms. The number of para-hydroxylation sites is 1. The van der Waals surface area contributed by atoms with Crippen molar-refractivity contribution >= 4 is 18.9 Å². The maximum atomic E-state index is 11.0. The van der Waals surface area contributed by atoms with E-state index in [9.17, 15) is 5.11 Å². The molecular weight excluding hydrogens is 347 g/mol. The molecule has 3 aliphatic rings. The molecule has 2 aromatic rings. The number of fused-ring (bicyclic) bond motifs is 1. The fourth-order valence-corrected chi connectivity index (χ4v) is 9.72. The SMILES string of the molecule is OC1CCCN1[P+](N1CCCC1)(N1CCCC1)n1nnc2ccccc21. The first kappa shape index (κ1) is 17.0. The molecule has 3 fully saturated rings. The van der Waals surface area contributed by atoms with E-state index in [4.69, 9.17) is 5.21 Å². The van der Waals surface area contributed by atoms with Crippen LogP contribution in [0.2, 0.25) is 0 Å². The summed E-state index contributed by atoms with van der Waals surface area (Å²) in [6.07, 6.45) is 6.44. The molecule has 0 radical (unpaired) electrons. The molecule has 0 spiro atoms. The fraction of sp³-hybridized carbons (Fsp3) is 0.667. The van der Waals surface area contributed by atoms with Crippen molar-refractivity contribution in [3.63, 3.8) is 0 Å². The van der Waals surface area contributed by atoms with E-state index in [0.29, 0.717) is 0 Å². The first-order valence-electron chi connectivity index (χ1n) is 9.98. The Labute approximate surface area is 155 Å². The van der Waals surface area contributed by atoms with Gasteiger partial charge in [0.1, 0.15) is 17.3 Å². The fourth-order valence-electron chi connectivity index (χ4n) is 4.89. The summed E-state index contributed by atoms with van der Waals surface area (Å²) in [7, 11) is -2.15. The summed E-state index contributed by atoms with van der Waals surface area (Å²) in [6, 6.07) is 8.28. The zero-order valence-electron chi connectivity index (χ0n) is 15.2. The Hall–Kier alpha value is -1.11. The van der Waals surface area contributed by atoms with Crippen LogP contribution < -0.4 is 0 Å². The number of aliphatic hydroxyl groups excluding tert-OH is 1. The summed E-state index contributed by atoms with van der Waals surface area (Å²) in [4.78, 5) is 0. The van der Waals surface area contributed by atoms with E-state index in [-0.39, 0.29) is 6.23 Å². The maximum Gasteiger partial charge on any atom is 0.357 e. The van der Waals surface area contributed by atoms with Gasteiger partial charge < -0.3 is 5.11 Å². The Bertz CT molecular complexity index is 754. The first-order chi connectivity index (χ1) is 12.8. The number of rotatable bonds is 4. The molecule has 3 saturated heterocycles. The van der Waals surface area contributed by atoms with E-state index in [1.807, 2.05) is 12.1 Å². The molecule has 0 aliphatic carbocycles. The van der Waals surface area contributed by atoms with E-state index in [1.165, 1.54) is 25.7 Å². The van der Waals surface area contributed by atoms with Gasteiger partial charge in [-0.25, -0.2) is 0 Å². The van der Waals surface area contributed by atoms with Crippen LogP contribution in [0.1, 0.15) is 38.5 Å². The number of nitrogens with zero attached hydrogens (tertiary/aromatic N) is 6. The molecular formula is C18H28N6OP+. The van der Waals surface area contributed by atoms with Crippen molar-refractivity contribution in [3.8, 4) is 0 Å². The smallest absolute Gasteiger partial charge is 0.357 e. The normalized spacial score (nSPS) is 26.4. The second-order valence-electron chi connectivity index (χ2n) is 7.61. The van der Waals surface area contributed by atoms with E-state index < -0.39 is 7.87 Å². The summed E-state index contributed by atoms with van der Waals surface area (Å²) in [5, 5.41) is 20.2. The van der Waals surface area contributed by atoms with Crippen LogP contribution in [-0.2, 0) is 0 Å². The molecule has 1 atom stereocenters. The molecule has 7 nitrogen and oxygen atoms in total. The molecule has 4 heterocycles. The van der Waals surface area contributed by atoms with Gasteiger partial charge in [0.05, 0.1) is 0 Å². The largest absolute Gasteiger partial charge is 0.375 e. The highest BCUT2D eigenvalue weighted by Gasteiger charge is 2.64. The molecule has 3 aliphatic heterocycles. The average molecular weight is 375 g/mol. The Balaban J connectivity index is 1.74. The lowest BCUT2D eigenvalue weighted by Gasteiger charge is -2.43. The van der Waals surface area contributed by atoms with Crippen molar-refractivity contribution in [1.82, 2.24) is 28.8 Å². The van der Waals surface area contributed by atoms with Gasteiger partial charge in [-0.2, -0.15) is 0 Å². The summed E-state index contributed by atoms with van der Waals surface area (Å²) in [5.74, 6) is 0. The molecule has 8 heteroatoms. The van der Waals surface area contributed by atoms with Crippen LogP contribution in [0.5, 0.6) is 0 Å². The second kappa shape index (κ2) is 6.80. The lowest BCUT2D eigenvalue weighted by atomic mass is 10.3. The Morgan fingerprint density at radius 3 is 2.15 bits per heavy atom. The first-order valence-corrected chi connectivity index (χ1v) is 11.6. The van der Waals surface area contributed by atoms with Gasteiger partial charge in [-0.3, -0.25) is 0 Å². The van der Waals surface area contributed by atoms with Crippen LogP contribution in [-0.4, -0.2) is 72.8 Å². The lowest BCUT2D eigenvalue weighted by Crippen LogP contribution is -2.48. The molecule has 0 bridgehead atoms. The average Bonchev–Trinajstić information content (AvgIpc) is 3.46. The maximum absolute atomic E-state index is 11.0. The highest BCUT2D eigenvalue weighted by atomic mass is 31.2. The second-order valence-corrected chi connectivity index (χ2v) is 10.7. The molecule has 0 amide bonds. The van der Waals surface area contributed by atoms with Crippen molar-refractivity contribution in [2.45, 2.75) is 44.8 Å². The van der Waals surface area contributed by atoms with Gasteiger partial charge in [-0.15, -0.1) is 14.4 Å². The summed E-state index contributed by atoms with van der Waals surface area (Å²) in [6.45, 7) is 5.28. The third-order valence-corrected chi connectivity index (χ3v) is 10.3. The molecule has 1 N–H and O–H groups in total. The number of benzene rings is 1. The number of hydrogen-bond donors (Lipinski definition) is 1. The summed E-state index contributed by atoms with van der Waals surface area (Å²) in [5.41, 5.74) is 2.04. The van der Waals surface area contributed by atoms with E-state index in [0.717, 1.165) is 56.6 Å². The van der Waals surface area contributed by atoms with Crippen molar-refractivity contribution in [1.29, 1.82) is 0 Å². The van der Waals surface area contributed by atoms with Gasteiger partial charge in [0.25, 0.3) is 0 Å². The molecule has 5 rings (SSSR count). The monoisotopic (exact) mass is 375 g/mol. The zero-order chi connectivity index (χ0) is 17.6. The van der Waals surface area contributed by atoms with Crippen molar-refractivity contribution in [2.75, 3.05) is 32.7 Å².